The van der Waals surface area contributed by atoms with Gasteiger partial charge in [-0.1, -0.05) is 20.8 Å². The van der Waals surface area contributed by atoms with Gasteiger partial charge in [0.15, 0.2) is 0 Å². The maximum atomic E-state index is 13.4. The molecule has 9 nitrogen and oxygen atoms in total. The topological polar surface area (TPSA) is 89.2 Å². The summed E-state index contributed by atoms with van der Waals surface area (Å²) in [7, 11) is 5.69. The van der Waals surface area contributed by atoms with Crippen LogP contribution in [0.25, 0.3) is 33.3 Å². The van der Waals surface area contributed by atoms with Crippen LogP contribution in [0, 0.1) is 5.41 Å². The van der Waals surface area contributed by atoms with E-state index in [0.29, 0.717) is 18.6 Å². The van der Waals surface area contributed by atoms with E-state index in [1.165, 1.54) is 0 Å². The van der Waals surface area contributed by atoms with E-state index < -0.39 is 5.41 Å². The number of fused-ring (bicyclic) bond motifs is 3. The molecule has 5 heterocycles. The van der Waals surface area contributed by atoms with Crippen molar-refractivity contribution in [2.75, 3.05) is 32.1 Å². The van der Waals surface area contributed by atoms with Crippen molar-refractivity contribution in [2.45, 2.75) is 39.7 Å². The highest BCUT2D eigenvalue weighted by Gasteiger charge is 2.32. The minimum absolute atomic E-state index is 0.0117. The largest absolute Gasteiger partial charge is 0.363 e. The predicted octanol–water partition coefficient (Wildman–Crippen LogP) is 3.62. The zero-order valence-electron chi connectivity index (χ0n) is 21.8. The molecule has 0 bridgehead atoms. The Morgan fingerprint density at radius 3 is 2.36 bits per heavy atom. The molecule has 36 heavy (non-hydrogen) atoms. The van der Waals surface area contributed by atoms with Crippen molar-refractivity contribution in [3.05, 3.63) is 47.1 Å². The first-order valence-corrected chi connectivity index (χ1v) is 12.4. The first kappa shape index (κ1) is 24.0. The summed E-state index contributed by atoms with van der Waals surface area (Å²) < 4.78 is 3.53. The van der Waals surface area contributed by atoms with Crippen LogP contribution in [0.4, 0.5) is 5.82 Å². The molecular weight excluding hydrogens is 454 g/mol. The highest BCUT2D eigenvalue weighted by Crippen LogP contribution is 2.31. The van der Waals surface area contributed by atoms with Crippen molar-refractivity contribution in [1.82, 2.24) is 29.0 Å². The van der Waals surface area contributed by atoms with Gasteiger partial charge in [0.25, 0.3) is 0 Å². The quantitative estimate of drug-likeness (QED) is 0.439. The lowest BCUT2D eigenvalue weighted by atomic mass is 9.93. The molecule has 0 aliphatic carbocycles. The number of likely N-dealkylation sites (tertiary alicyclic amines) is 1. The molecule has 5 rings (SSSR count). The summed E-state index contributed by atoms with van der Waals surface area (Å²) in [6.45, 7) is 7.11. The van der Waals surface area contributed by atoms with Crippen LogP contribution in [-0.4, -0.2) is 62.1 Å². The van der Waals surface area contributed by atoms with Crippen LogP contribution in [-0.2, 0) is 11.8 Å². The minimum atomic E-state index is -0.412. The van der Waals surface area contributed by atoms with Gasteiger partial charge in [-0.3, -0.25) is 18.9 Å². The number of amides is 1. The molecule has 0 aromatic carbocycles. The van der Waals surface area contributed by atoms with Crippen molar-refractivity contribution < 1.29 is 4.79 Å². The fraction of sp³-hybridized carbons (Fsp3) is 0.444. The van der Waals surface area contributed by atoms with Crippen LogP contribution in [0.1, 0.15) is 39.7 Å². The van der Waals surface area contributed by atoms with Gasteiger partial charge in [-0.2, -0.15) is 0 Å². The molecule has 0 radical (unpaired) electrons. The fourth-order valence-corrected chi connectivity index (χ4v) is 4.99. The number of anilines is 1. The maximum absolute atomic E-state index is 13.4. The normalized spacial score (nSPS) is 15.1. The van der Waals surface area contributed by atoms with Crippen molar-refractivity contribution >= 4 is 33.8 Å². The molecule has 4 aromatic rings. The second-order valence-corrected chi connectivity index (χ2v) is 10.8. The first-order valence-electron chi connectivity index (χ1n) is 12.4. The van der Waals surface area contributed by atoms with Crippen LogP contribution in [0.15, 0.2) is 41.5 Å². The second-order valence-electron chi connectivity index (χ2n) is 10.8. The Balaban J connectivity index is 1.58. The van der Waals surface area contributed by atoms with Crippen molar-refractivity contribution in [1.29, 1.82) is 0 Å². The smallest absolute Gasteiger partial charge is 0.329 e. The average Bonchev–Trinajstić information content (AvgIpc) is 3.13. The number of carbonyl (C=O) groups excluding carboxylic acids is 1. The predicted molar refractivity (Wildman–Crippen MR) is 142 cm³/mol. The van der Waals surface area contributed by atoms with Gasteiger partial charge in [0.2, 0.25) is 5.91 Å². The summed E-state index contributed by atoms with van der Waals surface area (Å²) in [6, 6.07) is 7.84. The van der Waals surface area contributed by atoms with Gasteiger partial charge in [-0.25, -0.2) is 14.8 Å². The van der Waals surface area contributed by atoms with Gasteiger partial charge >= 0.3 is 5.69 Å². The van der Waals surface area contributed by atoms with Gasteiger partial charge in [-0.15, -0.1) is 0 Å². The van der Waals surface area contributed by atoms with Crippen LogP contribution >= 0.6 is 0 Å². The number of aromatic nitrogens is 5. The van der Waals surface area contributed by atoms with Crippen LogP contribution < -0.4 is 10.6 Å². The molecule has 0 N–H and O–H groups in total. The fourth-order valence-electron chi connectivity index (χ4n) is 4.99. The maximum Gasteiger partial charge on any atom is 0.329 e. The van der Waals surface area contributed by atoms with Crippen molar-refractivity contribution in [3.8, 4) is 11.3 Å². The Morgan fingerprint density at radius 2 is 1.75 bits per heavy atom. The van der Waals surface area contributed by atoms with E-state index in [4.69, 9.17) is 4.98 Å². The summed E-state index contributed by atoms with van der Waals surface area (Å²) in [4.78, 5) is 44.2. The lowest BCUT2D eigenvalue weighted by Gasteiger charge is -2.36. The summed E-state index contributed by atoms with van der Waals surface area (Å²) >= 11 is 0. The molecule has 4 aromatic heterocycles. The third-order valence-electron chi connectivity index (χ3n) is 7.02. The molecule has 188 valence electrons. The Labute approximate surface area is 210 Å². The average molecular weight is 488 g/mol. The zero-order valence-corrected chi connectivity index (χ0v) is 21.8. The molecule has 1 fully saturated rings. The van der Waals surface area contributed by atoms with Gasteiger partial charge in [-0.05, 0) is 37.1 Å². The van der Waals surface area contributed by atoms with E-state index in [2.05, 4.69) is 9.97 Å². The van der Waals surface area contributed by atoms with E-state index in [1.807, 2.05) is 79.7 Å². The number of pyridine rings is 3. The molecular formula is C27H33N7O2. The van der Waals surface area contributed by atoms with Crippen LogP contribution in [0.5, 0.6) is 0 Å². The molecule has 0 spiro atoms. The number of hydrogen-bond acceptors (Lipinski definition) is 6. The summed E-state index contributed by atoms with van der Waals surface area (Å²) in [5.74, 6) is 1.03. The van der Waals surface area contributed by atoms with E-state index in [0.717, 1.165) is 46.5 Å². The summed E-state index contributed by atoms with van der Waals surface area (Å²) in [5, 5.41) is 0. The van der Waals surface area contributed by atoms with E-state index in [1.54, 1.807) is 17.8 Å². The number of piperidine rings is 1. The van der Waals surface area contributed by atoms with E-state index in [-0.39, 0.29) is 17.6 Å². The molecule has 1 aliphatic heterocycles. The van der Waals surface area contributed by atoms with Gasteiger partial charge < -0.3 is 9.80 Å². The molecule has 0 atom stereocenters. The Bertz CT molecular complexity index is 1500. The third-order valence-corrected chi connectivity index (χ3v) is 7.02. The Kier molecular flexibility index (Phi) is 5.81. The molecule has 1 saturated heterocycles. The third kappa shape index (κ3) is 4.02. The Hall–Kier alpha value is -3.75. The van der Waals surface area contributed by atoms with E-state index >= 15 is 0 Å². The number of imidazole rings is 1. The summed E-state index contributed by atoms with van der Waals surface area (Å²) in [6.07, 6.45) is 5.01. The molecule has 1 amide bonds. The lowest BCUT2D eigenvalue weighted by Crippen LogP contribution is -2.45. The lowest BCUT2D eigenvalue weighted by molar-refractivity contribution is -0.140. The van der Waals surface area contributed by atoms with Crippen molar-refractivity contribution in [3.63, 3.8) is 0 Å². The van der Waals surface area contributed by atoms with Crippen LogP contribution in [0.3, 0.4) is 0 Å². The van der Waals surface area contributed by atoms with E-state index in [9.17, 15) is 9.59 Å². The second kappa shape index (κ2) is 8.72. The molecule has 0 saturated carbocycles. The number of carbonyl (C=O) groups is 1. The molecule has 9 heteroatoms. The van der Waals surface area contributed by atoms with Gasteiger partial charge in [0, 0.05) is 57.4 Å². The SMILES string of the molecule is CN(C)c1ccc(-c2ccc3ncc4c(c3n2)n(C2CCN(C(=O)C(C)(C)C)CC2)c(=O)n4C)cn1. The first-order chi connectivity index (χ1) is 17.1. The molecule has 0 unspecified atom stereocenters. The van der Waals surface area contributed by atoms with Gasteiger partial charge in [0.05, 0.1) is 28.4 Å². The molecule has 1 aliphatic rings. The summed E-state index contributed by atoms with van der Waals surface area (Å²) in [5.41, 5.74) is 4.19. The number of rotatable bonds is 3. The number of aryl methyl sites for hydroxylation is 1. The highest BCUT2D eigenvalue weighted by molar-refractivity contribution is 6.00. The minimum Gasteiger partial charge on any atom is -0.363 e. The highest BCUT2D eigenvalue weighted by atomic mass is 16.2. The standard InChI is InChI=1S/C27H33N7O2/c1-27(2,3)25(35)33-13-11-18(12-14-33)34-24-21(32(6)26(34)36)16-28-20-9-8-19(30-23(20)24)17-7-10-22(29-15-17)31(4)5/h7-10,15-16,18H,11-14H2,1-6H3. The monoisotopic (exact) mass is 487 g/mol. The number of hydrogen-bond donors (Lipinski definition) is 0. The zero-order chi connectivity index (χ0) is 25.8. The van der Waals surface area contributed by atoms with Crippen LogP contribution in [0.2, 0.25) is 0 Å². The Morgan fingerprint density at radius 1 is 1.03 bits per heavy atom. The van der Waals surface area contributed by atoms with Gasteiger partial charge in [0.1, 0.15) is 11.3 Å². The van der Waals surface area contributed by atoms with Crippen molar-refractivity contribution in [2.24, 2.45) is 12.5 Å². The number of nitrogens with zero attached hydrogens (tertiary/aromatic N) is 7.